The minimum Gasteiger partial charge on any atom is -0.374 e. The summed E-state index contributed by atoms with van der Waals surface area (Å²) in [5.41, 5.74) is 1.58. The second kappa shape index (κ2) is 7.87. The van der Waals surface area contributed by atoms with Crippen LogP contribution in [0.15, 0.2) is 24.3 Å². The van der Waals surface area contributed by atoms with Gasteiger partial charge in [-0.3, -0.25) is 9.35 Å². The number of nitrogens with zero attached hydrogens (tertiary/aromatic N) is 2. The van der Waals surface area contributed by atoms with Crippen LogP contribution in [-0.2, 0) is 14.6 Å². The molecule has 0 spiro atoms. The molecule has 0 bridgehead atoms. The highest BCUT2D eigenvalue weighted by atomic mass is 32.3. The second-order valence-corrected chi connectivity index (χ2v) is 7.49. The van der Waals surface area contributed by atoms with Crippen molar-refractivity contribution in [3.8, 4) is 0 Å². The third kappa shape index (κ3) is 7.08. The fourth-order valence-corrected chi connectivity index (χ4v) is 2.47. The topological polar surface area (TPSA) is 83.9 Å². The third-order valence-electron chi connectivity index (χ3n) is 3.77. The minimum absolute atomic E-state index is 0.0831. The lowest BCUT2D eigenvalue weighted by atomic mass is 10.1. The molecule has 130 valence electrons. The number of carbonyl (C=O) groups excluding carboxylic acids is 1. The van der Waals surface area contributed by atoms with E-state index in [0.29, 0.717) is 23.0 Å². The summed E-state index contributed by atoms with van der Waals surface area (Å²) in [4.78, 5) is 12.7. The number of aldehydes is 1. The molecule has 0 aliphatic rings. The van der Waals surface area contributed by atoms with Crippen LogP contribution in [0.4, 0.5) is 5.69 Å². The molecule has 1 aromatic rings. The zero-order chi connectivity index (χ0) is 17.7. The highest BCUT2D eigenvalue weighted by Gasteiger charge is 2.26. The third-order valence-corrected chi connectivity index (χ3v) is 4.21. The molecule has 0 aliphatic heterocycles. The van der Waals surface area contributed by atoms with Crippen molar-refractivity contribution in [2.45, 2.75) is 12.5 Å². The van der Waals surface area contributed by atoms with Gasteiger partial charge in [0.15, 0.2) is 0 Å². The Hall–Kier alpha value is -1.48. The van der Waals surface area contributed by atoms with Crippen molar-refractivity contribution in [1.29, 1.82) is 0 Å². The Morgan fingerprint density at radius 1 is 1.26 bits per heavy atom. The van der Waals surface area contributed by atoms with E-state index >= 15 is 0 Å². The van der Waals surface area contributed by atoms with E-state index in [1.165, 1.54) is 0 Å². The highest BCUT2D eigenvalue weighted by molar-refractivity contribution is 7.80. The SMILES string of the molecule is CN(CCC(COS(=O)(=O)O)[N+](C)(C)C)c1ccc(C=O)cc1. The van der Waals surface area contributed by atoms with Crippen LogP contribution in [0.2, 0.25) is 0 Å². The van der Waals surface area contributed by atoms with E-state index < -0.39 is 10.4 Å². The number of hydrogen-bond donors (Lipinski definition) is 1. The van der Waals surface area contributed by atoms with Gasteiger partial charge < -0.3 is 9.38 Å². The summed E-state index contributed by atoms with van der Waals surface area (Å²) < 4.78 is 35.3. The van der Waals surface area contributed by atoms with Crippen LogP contribution in [0.1, 0.15) is 16.8 Å². The fraction of sp³-hybridized carbons (Fsp3) is 0.533. The molecule has 8 heteroatoms. The van der Waals surface area contributed by atoms with E-state index in [1.807, 2.05) is 45.2 Å². The van der Waals surface area contributed by atoms with Crippen molar-refractivity contribution < 1.29 is 26.4 Å². The van der Waals surface area contributed by atoms with Crippen LogP contribution >= 0.6 is 0 Å². The Balaban J connectivity index is 2.67. The van der Waals surface area contributed by atoms with Crippen LogP contribution in [0, 0.1) is 0 Å². The highest BCUT2D eigenvalue weighted by Crippen LogP contribution is 2.16. The summed E-state index contributed by atoms with van der Waals surface area (Å²) in [6.45, 7) is 0.593. The molecule has 1 rings (SSSR count). The first-order valence-corrected chi connectivity index (χ1v) is 8.59. The Morgan fingerprint density at radius 2 is 1.83 bits per heavy atom. The summed E-state index contributed by atoms with van der Waals surface area (Å²) in [7, 11) is 3.31. The summed E-state index contributed by atoms with van der Waals surface area (Å²) in [6.07, 6.45) is 1.47. The van der Waals surface area contributed by atoms with Crippen LogP contribution < -0.4 is 4.90 Å². The predicted molar refractivity (Wildman–Crippen MR) is 89.0 cm³/mol. The van der Waals surface area contributed by atoms with Gasteiger partial charge in [0.2, 0.25) is 0 Å². The Morgan fingerprint density at radius 3 is 2.26 bits per heavy atom. The predicted octanol–water partition coefficient (Wildman–Crippen LogP) is 1.22. The zero-order valence-corrected chi connectivity index (χ0v) is 14.8. The van der Waals surface area contributed by atoms with E-state index in [0.717, 1.165) is 12.0 Å². The molecule has 1 unspecified atom stereocenters. The van der Waals surface area contributed by atoms with Gasteiger partial charge >= 0.3 is 10.4 Å². The van der Waals surface area contributed by atoms with Crippen molar-refractivity contribution >= 4 is 22.4 Å². The first-order valence-electron chi connectivity index (χ1n) is 7.22. The number of carbonyl (C=O) groups is 1. The minimum atomic E-state index is -4.43. The first kappa shape index (κ1) is 19.6. The van der Waals surface area contributed by atoms with Crippen LogP contribution in [-0.4, -0.2) is 71.1 Å². The fourth-order valence-electron chi connectivity index (χ4n) is 2.14. The lowest BCUT2D eigenvalue weighted by Crippen LogP contribution is -2.49. The molecule has 0 saturated carbocycles. The van der Waals surface area contributed by atoms with Crippen molar-refractivity contribution in [2.24, 2.45) is 0 Å². The molecule has 0 fully saturated rings. The largest absolute Gasteiger partial charge is 0.397 e. The molecule has 0 aromatic heterocycles. The molecule has 23 heavy (non-hydrogen) atoms. The van der Waals surface area contributed by atoms with Gasteiger partial charge in [-0.25, -0.2) is 4.18 Å². The molecule has 0 radical (unpaired) electrons. The van der Waals surface area contributed by atoms with Crippen molar-refractivity contribution in [3.63, 3.8) is 0 Å². The first-order chi connectivity index (χ1) is 10.5. The van der Waals surface area contributed by atoms with Crippen molar-refractivity contribution in [2.75, 3.05) is 46.2 Å². The normalized spacial score (nSPS) is 13.6. The Bertz CT molecular complexity index is 608. The number of rotatable bonds is 9. The number of hydrogen-bond acceptors (Lipinski definition) is 5. The number of benzene rings is 1. The number of likely N-dealkylation sites (N-methyl/N-ethyl adjacent to an activating group) is 1. The zero-order valence-electron chi connectivity index (χ0n) is 14.0. The maximum Gasteiger partial charge on any atom is 0.397 e. The summed E-state index contributed by atoms with van der Waals surface area (Å²) in [6, 6.07) is 7.11. The van der Waals surface area contributed by atoms with Crippen molar-refractivity contribution in [3.05, 3.63) is 29.8 Å². The standard InChI is InChI=1S/C15H24N2O5S/c1-16(14-7-5-13(11-18)6-8-14)10-9-15(17(2,3)4)12-22-23(19,20)21/h5-8,11,15H,9-10,12H2,1-4H3/p+1. The molecular formula is C15H25N2O5S+. The van der Waals surface area contributed by atoms with E-state index in [4.69, 9.17) is 4.55 Å². The average Bonchev–Trinajstić information content (AvgIpc) is 2.44. The maximum atomic E-state index is 10.8. The molecule has 1 N–H and O–H groups in total. The van der Waals surface area contributed by atoms with Gasteiger partial charge in [0.1, 0.15) is 18.9 Å². The van der Waals surface area contributed by atoms with E-state index in [9.17, 15) is 13.2 Å². The van der Waals surface area contributed by atoms with Gasteiger partial charge in [-0.05, 0) is 24.3 Å². The number of quaternary nitrogens is 1. The summed E-state index contributed by atoms with van der Waals surface area (Å²) in [5.74, 6) is 0. The molecule has 0 heterocycles. The van der Waals surface area contributed by atoms with Crippen LogP contribution in [0.25, 0.3) is 0 Å². The van der Waals surface area contributed by atoms with Gasteiger partial charge in [0.25, 0.3) is 0 Å². The molecule has 0 amide bonds. The van der Waals surface area contributed by atoms with E-state index in [-0.39, 0.29) is 12.6 Å². The quantitative estimate of drug-likeness (QED) is 0.412. The van der Waals surface area contributed by atoms with E-state index in [2.05, 4.69) is 4.18 Å². The smallest absolute Gasteiger partial charge is 0.374 e. The second-order valence-electron chi connectivity index (χ2n) is 6.40. The van der Waals surface area contributed by atoms with Gasteiger partial charge in [-0.15, -0.1) is 0 Å². The summed E-state index contributed by atoms with van der Waals surface area (Å²) >= 11 is 0. The van der Waals surface area contributed by atoms with Gasteiger partial charge in [0.05, 0.1) is 21.1 Å². The maximum absolute atomic E-state index is 10.8. The molecule has 0 saturated heterocycles. The van der Waals surface area contributed by atoms with Crippen LogP contribution in [0.5, 0.6) is 0 Å². The van der Waals surface area contributed by atoms with Gasteiger partial charge in [0, 0.05) is 31.3 Å². The number of anilines is 1. The Labute approximate surface area is 138 Å². The lowest BCUT2D eigenvalue weighted by molar-refractivity contribution is -0.896. The van der Waals surface area contributed by atoms with Gasteiger partial charge in [-0.1, -0.05) is 0 Å². The molecule has 7 nitrogen and oxygen atoms in total. The van der Waals surface area contributed by atoms with Crippen molar-refractivity contribution in [1.82, 2.24) is 0 Å². The van der Waals surface area contributed by atoms with Gasteiger partial charge in [-0.2, -0.15) is 8.42 Å². The lowest BCUT2D eigenvalue weighted by Gasteiger charge is -2.34. The molecule has 0 aliphatic carbocycles. The van der Waals surface area contributed by atoms with Crippen LogP contribution in [0.3, 0.4) is 0 Å². The molecule has 1 atom stereocenters. The monoisotopic (exact) mass is 345 g/mol. The Kier molecular flexibility index (Phi) is 6.69. The molecular weight excluding hydrogens is 320 g/mol. The summed E-state index contributed by atoms with van der Waals surface area (Å²) in [5, 5.41) is 0. The van der Waals surface area contributed by atoms with E-state index in [1.54, 1.807) is 12.1 Å². The average molecular weight is 345 g/mol. The molecule has 1 aromatic carbocycles.